The molecule has 14 nitrogen and oxygen atoms in total. The van der Waals surface area contributed by atoms with Crippen LogP contribution in [0.4, 0.5) is 14.4 Å². The average Bonchev–Trinajstić information content (AvgIpc) is 3.15. The quantitative estimate of drug-likeness (QED) is 0.400. The van der Waals surface area contributed by atoms with Gasteiger partial charge in [0.2, 0.25) is 11.9 Å². The molecule has 34 heavy (non-hydrogen) atoms. The third-order valence-electron chi connectivity index (χ3n) is 5.61. The van der Waals surface area contributed by atoms with Gasteiger partial charge in [-0.15, -0.1) is 0 Å². The number of guanidine groups is 2. The number of nitrogens with two attached hydrogens (primary N) is 2. The van der Waals surface area contributed by atoms with E-state index in [0.717, 1.165) is 9.80 Å². The summed E-state index contributed by atoms with van der Waals surface area (Å²) in [6.45, 7) is 9.43. The molecule has 3 amide bonds. The Morgan fingerprint density at radius 2 is 1.71 bits per heavy atom. The van der Waals surface area contributed by atoms with Crippen LogP contribution in [0.3, 0.4) is 0 Å². The van der Waals surface area contributed by atoms with Crippen molar-refractivity contribution in [1.82, 2.24) is 14.7 Å². The van der Waals surface area contributed by atoms with Crippen LogP contribution < -0.4 is 11.5 Å². The highest BCUT2D eigenvalue weighted by molar-refractivity contribution is 6.00. The van der Waals surface area contributed by atoms with Crippen LogP contribution in [0.1, 0.15) is 48.0 Å². The van der Waals surface area contributed by atoms with Crippen LogP contribution in [0.2, 0.25) is 0 Å². The Bertz CT molecular complexity index is 925. The predicted octanol–water partition coefficient (Wildman–Crippen LogP) is 0.333. The fraction of sp³-hybridized carbons (Fsp3) is 0.750. The number of rotatable bonds is 2. The number of nitrogens with zero attached hydrogens (tertiary/aromatic N) is 4. The minimum absolute atomic E-state index is 0.0901. The van der Waals surface area contributed by atoms with Gasteiger partial charge in [0.15, 0.2) is 11.8 Å². The van der Waals surface area contributed by atoms with Gasteiger partial charge in [-0.1, -0.05) is 0 Å². The molecule has 3 rings (SSSR count). The summed E-state index contributed by atoms with van der Waals surface area (Å²) in [5, 5.41) is 19.2. The number of aliphatic imine (C=N–C) groups is 1. The van der Waals surface area contributed by atoms with Crippen LogP contribution in [0.15, 0.2) is 4.99 Å². The number of carbonyl (C=O) groups excluding carboxylic acids is 3. The van der Waals surface area contributed by atoms with Gasteiger partial charge in [0.25, 0.3) is 0 Å². The van der Waals surface area contributed by atoms with Gasteiger partial charge >= 0.3 is 18.3 Å². The zero-order chi connectivity index (χ0) is 25.8. The maximum absolute atomic E-state index is 13.3. The van der Waals surface area contributed by atoms with E-state index in [1.165, 1.54) is 4.90 Å². The van der Waals surface area contributed by atoms with Crippen LogP contribution >= 0.6 is 0 Å². The predicted molar refractivity (Wildman–Crippen MR) is 119 cm³/mol. The number of primary amides is 1. The maximum atomic E-state index is 13.3. The number of carbonyl (C=O) groups is 3. The lowest BCUT2D eigenvalue weighted by molar-refractivity contribution is -0.0865. The van der Waals surface area contributed by atoms with E-state index in [2.05, 4.69) is 4.99 Å². The third-order valence-corrected chi connectivity index (χ3v) is 5.61. The van der Waals surface area contributed by atoms with Crippen molar-refractivity contribution in [2.75, 3.05) is 13.2 Å². The van der Waals surface area contributed by atoms with Gasteiger partial charge in [-0.2, -0.15) is 0 Å². The molecular formula is C20H33N7O7. The first kappa shape index (κ1) is 25.3. The molecular weight excluding hydrogens is 450 g/mol. The van der Waals surface area contributed by atoms with Gasteiger partial charge in [0, 0.05) is 13.0 Å². The van der Waals surface area contributed by atoms with Gasteiger partial charge in [-0.25, -0.2) is 29.2 Å². The number of aliphatic hydroxyl groups excluding tert-OH is 1. The molecule has 0 aromatic rings. The summed E-state index contributed by atoms with van der Waals surface area (Å²) in [5.74, 6) is -0.653. The molecule has 0 aromatic heterocycles. The summed E-state index contributed by atoms with van der Waals surface area (Å²) in [7, 11) is 0. The number of nitrogens with one attached hydrogen (secondary N) is 1. The van der Waals surface area contributed by atoms with E-state index >= 15 is 0 Å². The van der Waals surface area contributed by atoms with E-state index in [1.807, 2.05) is 0 Å². The van der Waals surface area contributed by atoms with Crippen molar-refractivity contribution in [3.8, 4) is 0 Å². The summed E-state index contributed by atoms with van der Waals surface area (Å²) < 4.78 is 16.3. The third kappa shape index (κ3) is 4.06. The molecule has 4 atom stereocenters. The van der Waals surface area contributed by atoms with Crippen LogP contribution in [0, 0.1) is 5.41 Å². The van der Waals surface area contributed by atoms with Crippen LogP contribution in [0.5, 0.6) is 0 Å². The highest BCUT2D eigenvalue weighted by Gasteiger charge is 2.72. The lowest BCUT2D eigenvalue weighted by Gasteiger charge is -2.54. The SMILES string of the molecule is CC(C)(C)OC(=O)N1C(=N)N2CCC(OC(N)=O)[C@@]23[C@@H](N=C(N)N3C(=O)OC(C)(C)C)[C@@H]1CO. The topological polar surface area (TPSA) is 197 Å². The molecule has 3 heterocycles. The Morgan fingerprint density at radius 1 is 1.15 bits per heavy atom. The first-order valence-electron chi connectivity index (χ1n) is 10.9. The fourth-order valence-corrected chi connectivity index (χ4v) is 4.66. The Kier molecular flexibility index (Phi) is 6.10. The molecule has 0 bridgehead atoms. The number of hydrogen-bond acceptors (Lipinski definition) is 10. The summed E-state index contributed by atoms with van der Waals surface area (Å²) in [6, 6.07) is -2.28. The van der Waals surface area contributed by atoms with Crippen molar-refractivity contribution >= 4 is 30.2 Å². The van der Waals surface area contributed by atoms with Gasteiger partial charge < -0.3 is 35.7 Å². The molecule has 190 valence electrons. The second-order valence-electron chi connectivity index (χ2n) is 10.3. The molecule has 14 heteroatoms. The van der Waals surface area contributed by atoms with Crippen LogP contribution in [-0.4, -0.2) is 98.2 Å². The number of aliphatic hydroxyl groups is 1. The van der Waals surface area contributed by atoms with Crippen molar-refractivity contribution in [1.29, 1.82) is 5.41 Å². The Balaban J connectivity index is 2.16. The van der Waals surface area contributed by atoms with Crippen molar-refractivity contribution in [3.63, 3.8) is 0 Å². The lowest BCUT2D eigenvalue weighted by Crippen LogP contribution is -2.79. The van der Waals surface area contributed by atoms with Crippen molar-refractivity contribution < 1.29 is 33.7 Å². The Hall–Kier alpha value is -3.29. The monoisotopic (exact) mass is 483 g/mol. The van der Waals surface area contributed by atoms with E-state index in [4.69, 9.17) is 31.1 Å². The molecule has 3 aliphatic rings. The fourth-order valence-electron chi connectivity index (χ4n) is 4.66. The van der Waals surface area contributed by atoms with Crippen LogP contribution in [0.25, 0.3) is 0 Å². The van der Waals surface area contributed by atoms with Gasteiger partial charge in [-0.05, 0) is 41.5 Å². The van der Waals surface area contributed by atoms with E-state index in [1.54, 1.807) is 41.5 Å². The largest absolute Gasteiger partial charge is 0.443 e. The molecule has 0 aliphatic carbocycles. The van der Waals surface area contributed by atoms with Gasteiger partial charge in [0.1, 0.15) is 17.2 Å². The van der Waals surface area contributed by atoms with Gasteiger partial charge in [0.05, 0.1) is 12.6 Å². The molecule has 3 aliphatic heterocycles. The lowest BCUT2D eigenvalue weighted by atomic mass is 9.86. The smallest absolute Gasteiger partial charge is 0.419 e. The minimum atomic E-state index is -1.68. The number of hydrogen-bond donors (Lipinski definition) is 4. The normalized spacial score (nSPS) is 28.8. The van der Waals surface area contributed by atoms with E-state index in [9.17, 15) is 19.5 Å². The zero-order valence-electron chi connectivity index (χ0n) is 20.2. The van der Waals surface area contributed by atoms with E-state index < -0.39 is 59.9 Å². The maximum Gasteiger partial charge on any atom is 0.419 e. The Labute approximate surface area is 197 Å². The number of ether oxygens (including phenoxy) is 3. The molecule has 1 unspecified atom stereocenters. The first-order chi connectivity index (χ1) is 15.5. The highest BCUT2D eigenvalue weighted by Crippen LogP contribution is 2.48. The molecule has 0 radical (unpaired) electrons. The van der Waals surface area contributed by atoms with E-state index in [-0.39, 0.29) is 24.9 Å². The molecule has 6 N–H and O–H groups in total. The highest BCUT2D eigenvalue weighted by atomic mass is 16.6. The number of amides is 3. The van der Waals surface area contributed by atoms with Crippen molar-refractivity contribution in [3.05, 3.63) is 0 Å². The molecule has 0 saturated carbocycles. The zero-order valence-corrected chi connectivity index (χ0v) is 20.2. The second kappa shape index (κ2) is 8.18. The van der Waals surface area contributed by atoms with Crippen molar-refractivity contribution in [2.24, 2.45) is 16.5 Å². The van der Waals surface area contributed by atoms with Gasteiger partial charge in [-0.3, -0.25) is 5.41 Å². The first-order valence-corrected chi connectivity index (χ1v) is 10.9. The summed E-state index contributed by atoms with van der Waals surface area (Å²) in [4.78, 5) is 45.9. The summed E-state index contributed by atoms with van der Waals surface area (Å²) in [5.41, 5.74) is 8.02. The summed E-state index contributed by atoms with van der Waals surface area (Å²) >= 11 is 0. The standard InChI is InChI=1S/C20H33N7O7/c1-18(2,3)33-16(30)26-10(9-28)12-20(11(32-15(23)29)7-8-25(20)14(26)22)27(13(21)24-12)17(31)34-19(4,5)6/h10-12,22,28H,7-9H2,1-6H3,(H2,21,24)(H2,23,29)/t10-,11?,12-,20+/m0/s1. The molecule has 2 fully saturated rings. The molecule has 1 spiro atoms. The minimum Gasteiger partial charge on any atom is -0.443 e. The van der Waals surface area contributed by atoms with Crippen LogP contribution in [-0.2, 0) is 14.2 Å². The van der Waals surface area contributed by atoms with E-state index in [0.29, 0.717) is 0 Å². The van der Waals surface area contributed by atoms with Crippen molar-refractivity contribution in [2.45, 2.75) is 83.0 Å². The summed E-state index contributed by atoms with van der Waals surface area (Å²) in [6.07, 6.45) is -3.81. The molecule has 2 saturated heterocycles. The average molecular weight is 484 g/mol. The Morgan fingerprint density at radius 3 is 2.21 bits per heavy atom. The molecule has 0 aromatic carbocycles. The second-order valence-corrected chi connectivity index (χ2v) is 10.3.